The summed E-state index contributed by atoms with van der Waals surface area (Å²) >= 11 is 0. The van der Waals surface area contributed by atoms with Crippen LogP contribution in [0.2, 0.25) is 0 Å². The number of nitrogens with two attached hydrogens (primary N) is 1. The van der Waals surface area contributed by atoms with Crippen molar-refractivity contribution in [2.45, 2.75) is 6.92 Å². The fourth-order valence-electron chi connectivity index (χ4n) is 2.04. The predicted molar refractivity (Wildman–Crippen MR) is 71.1 cm³/mol. The van der Waals surface area contributed by atoms with Crippen LogP contribution in [0.1, 0.15) is 6.92 Å². The zero-order chi connectivity index (χ0) is 12.3. The van der Waals surface area contributed by atoms with E-state index < -0.39 is 0 Å². The molecule has 0 spiro atoms. The van der Waals surface area contributed by atoms with Gasteiger partial charge in [0.1, 0.15) is 0 Å². The molecule has 0 fully saturated rings. The van der Waals surface area contributed by atoms with Gasteiger partial charge >= 0.3 is 0 Å². The predicted octanol–water partition coefficient (Wildman–Crippen LogP) is 1.64. The van der Waals surface area contributed by atoms with Crippen LogP contribution in [-0.2, 0) is 0 Å². The van der Waals surface area contributed by atoms with Crippen LogP contribution in [0.15, 0.2) is 30.6 Å². The van der Waals surface area contributed by atoms with E-state index in [1.165, 1.54) is 0 Å². The SMILES string of the molecule is CCN(CCO)c1ccc(N)c2cnccc12. The Morgan fingerprint density at radius 3 is 2.82 bits per heavy atom. The van der Waals surface area contributed by atoms with Gasteiger partial charge in [0, 0.05) is 47.6 Å². The summed E-state index contributed by atoms with van der Waals surface area (Å²) in [5, 5.41) is 11.1. The Morgan fingerprint density at radius 2 is 2.12 bits per heavy atom. The van der Waals surface area contributed by atoms with Gasteiger partial charge < -0.3 is 15.7 Å². The molecule has 1 aromatic carbocycles. The molecule has 17 heavy (non-hydrogen) atoms. The number of benzene rings is 1. The van der Waals surface area contributed by atoms with Crippen LogP contribution in [0, 0.1) is 0 Å². The molecule has 0 radical (unpaired) electrons. The highest BCUT2D eigenvalue weighted by atomic mass is 16.3. The lowest BCUT2D eigenvalue weighted by molar-refractivity contribution is 0.302. The molecule has 0 aliphatic carbocycles. The van der Waals surface area contributed by atoms with Crippen molar-refractivity contribution in [1.82, 2.24) is 4.98 Å². The normalized spacial score (nSPS) is 10.7. The Hall–Kier alpha value is -1.81. The Morgan fingerprint density at radius 1 is 1.29 bits per heavy atom. The fourth-order valence-corrected chi connectivity index (χ4v) is 2.04. The summed E-state index contributed by atoms with van der Waals surface area (Å²) in [6.07, 6.45) is 3.54. The van der Waals surface area contributed by atoms with Gasteiger partial charge in [0.2, 0.25) is 0 Å². The maximum atomic E-state index is 9.08. The molecular formula is C13H17N3O. The molecule has 4 heteroatoms. The smallest absolute Gasteiger partial charge is 0.0606 e. The van der Waals surface area contributed by atoms with Gasteiger partial charge in [0.25, 0.3) is 0 Å². The Balaban J connectivity index is 2.57. The maximum absolute atomic E-state index is 9.08. The molecule has 1 aromatic heterocycles. The summed E-state index contributed by atoms with van der Waals surface area (Å²) in [4.78, 5) is 6.22. The average molecular weight is 231 g/mol. The Kier molecular flexibility index (Phi) is 3.44. The van der Waals surface area contributed by atoms with E-state index in [-0.39, 0.29) is 6.61 Å². The van der Waals surface area contributed by atoms with E-state index in [4.69, 9.17) is 10.8 Å². The minimum Gasteiger partial charge on any atom is -0.398 e. The number of hydrogen-bond acceptors (Lipinski definition) is 4. The van der Waals surface area contributed by atoms with Crippen molar-refractivity contribution in [3.05, 3.63) is 30.6 Å². The zero-order valence-electron chi connectivity index (χ0n) is 9.93. The molecule has 0 saturated carbocycles. The highest BCUT2D eigenvalue weighted by Gasteiger charge is 2.09. The first-order valence-electron chi connectivity index (χ1n) is 5.76. The average Bonchev–Trinajstić information content (AvgIpc) is 2.37. The molecule has 1 heterocycles. The molecule has 0 aliphatic heterocycles. The van der Waals surface area contributed by atoms with Gasteiger partial charge in [-0.15, -0.1) is 0 Å². The van der Waals surface area contributed by atoms with Gasteiger partial charge in [0.05, 0.1) is 6.61 Å². The van der Waals surface area contributed by atoms with Crippen LogP contribution in [-0.4, -0.2) is 29.8 Å². The quantitative estimate of drug-likeness (QED) is 0.785. The lowest BCUT2D eigenvalue weighted by atomic mass is 10.1. The zero-order valence-corrected chi connectivity index (χ0v) is 9.93. The van der Waals surface area contributed by atoms with Gasteiger partial charge in [-0.05, 0) is 25.1 Å². The van der Waals surface area contributed by atoms with Crippen molar-refractivity contribution in [3.63, 3.8) is 0 Å². The largest absolute Gasteiger partial charge is 0.398 e. The van der Waals surface area contributed by atoms with E-state index in [0.29, 0.717) is 6.54 Å². The summed E-state index contributed by atoms with van der Waals surface area (Å²) < 4.78 is 0. The third kappa shape index (κ3) is 2.17. The second kappa shape index (κ2) is 5.01. The minimum absolute atomic E-state index is 0.144. The van der Waals surface area contributed by atoms with E-state index >= 15 is 0 Å². The topological polar surface area (TPSA) is 62.4 Å². The number of aromatic nitrogens is 1. The molecule has 2 aromatic rings. The third-order valence-corrected chi connectivity index (χ3v) is 2.92. The van der Waals surface area contributed by atoms with Crippen molar-refractivity contribution in [2.24, 2.45) is 0 Å². The van der Waals surface area contributed by atoms with Gasteiger partial charge in [-0.1, -0.05) is 0 Å². The summed E-state index contributed by atoms with van der Waals surface area (Å²) in [6, 6.07) is 5.84. The lowest BCUT2D eigenvalue weighted by Gasteiger charge is -2.24. The van der Waals surface area contributed by atoms with E-state index in [0.717, 1.165) is 28.7 Å². The summed E-state index contributed by atoms with van der Waals surface area (Å²) in [6.45, 7) is 3.68. The number of hydrogen-bond donors (Lipinski definition) is 2. The summed E-state index contributed by atoms with van der Waals surface area (Å²) in [7, 11) is 0. The van der Waals surface area contributed by atoms with Crippen LogP contribution in [0.5, 0.6) is 0 Å². The van der Waals surface area contributed by atoms with Gasteiger partial charge in [0.15, 0.2) is 0 Å². The summed E-state index contributed by atoms with van der Waals surface area (Å²) in [5.74, 6) is 0. The van der Waals surface area contributed by atoms with E-state index in [2.05, 4.69) is 16.8 Å². The molecule has 0 amide bonds. The van der Waals surface area contributed by atoms with Crippen LogP contribution in [0.25, 0.3) is 10.8 Å². The first-order chi connectivity index (χ1) is 8.27. The highest BCUT2D eigenvalue weighted by molar-refractivity contribution is 6.00. The molecule has 0 aliphatic rings. The van der Waals surface area contributed by atoms with Crippen molar-refractivity contribution >= 4 is 22.1 Å². The second-order valence-corrected chi connectivity index (χ2v) is 3.90. The first kappa shape index (κ1) is 11.7. The number of nitrogen functional groups attached to an aromatic ring is 1. The molecular weight excluding hydrogens is 214 g/mol. The number of anilines is 2. The number of fused-ring (bicyclic) bond motifs is 1. The molecule has 0 atom stereocenters. The van der Waals surface area contributed by atoms with Crippen LogP contribution >= 0.6 is 0 Å². The van der Waals surface area contributed by atoms with Crippen LogP contribution < -0.4 is 10.6 Å². The number of likely N-dealkylation sites (N-methyl/N-ethyl adjacent to an activating group) is 1. The molecule has 90 valence electrons. The Bertz CT molecular complexity index is 513. The number of nitrogens with zero attached hydrogens (tertiary/aromatic N) is 2. The van der Waals surface area contributed by atoms with Crippen LogP contribution in [0.4, 0.5) is 11.4 Å². The van der Waals surface area contributed by atoms with Gasteiger partial charge in [-0.25, -0.2) is 0 Å². The standard InChI is InChI=1S/C13H17N3O/c1-2-16(7-8-17)13-4-3-12(14)11-9-15-6-5-10(11)13/h3-6,9,17H,2,7-8,14H2,1H3. The van der Waals surface area contributed by atoms with E-state index in [1.807, 2.05) is 18.2 Å². The number of aliphatic hydroxyl groups excluding tert-OH is 1. The number of aliphatic hydroxyl groups is 1. The minimum atomic E-state index is 0.144. The fraction of sp³-hybridized carbons (Fsp3) is 0.308. The van der Waals surface area contributed by atoms with Crippen molar-refractivity contribution in [2.75, 3.05) is 30.3 Å². The van der Waals surface area contributed by atoms with E-state index in [9.17, 15) is 0 Å². The van der Waals surface area contributed by atoms with Gasteiger partial charge in [-0.2, -0.15) is 0 Å². The molecule has 2 rings (SSSR count). The van der Waals surface area contributed by atoms with E-state index in [1.54, 1.807) is 12.4 Å². The monoisotopic (exact) mass is 231 g/mol. The molecule has 0 saturated heterocycles. The maximum Gasteiger partial charge on any atom is 0.0606 e. The number of rotatable bonds is 4. The second-order valence-electron chi connectivity index (χ2n) is 3.90. The van der Waals surface area contributed by atoms with Crippen molar-refractivity contribution in [1.29, 1.82) is 0 Å². The molecule has 0 bridgehead atoms. The Labute approximate surface area is 101 Å². The van der Waals surface area contributed by atoms with Gasteiger partial charge in [-0.3, -0.25) is 4.98 Å². The highest BCUT2D eigenvalue weighted by Crippen LogP contribution is 2.29. The van der Waals surface area contributed by atoms with Crippen molar-refractivity contribution in [3.8, 4) is 0 Å². The first-order valence-corrected chi connectivity index (χ1v) is 5.76. The molecule has 4 nitrogen and oxygen atoms in total. The lowest BCUT2D eigenvalue weighted by Crippen LogP contribution is -2.26. The van der Waals surface area contributed by atoms with Crippen molar-refractivity contribution < 1.29 is 5.11 Å². The molecule has 3 N–H and O–H groups in total. The molecule has 0 unspecified atom stereocenters. The summed E-state index contributed by atoms with van der Waals surface area (Å²) in [5.41, 5.74) is 7.76. The third-order valence-electron chi connectivity index (χ3n) is 2.92. The number of pyridine rings is 1. The van der Waals surface area contributed by atoms with Crippen LogP contribution in [0.3, 0.4) is 0 Å².